The van der Waals surface area contributed by atoms with E-state index in [1.165, 1.54) is 17.5 Å². The van der Waals surface area contributed by atoms with Gasteiger partial charge in [0.1, 0.15) is 5.69 Å². The highest BCUT2D eigenvalue weighted by atomic mass is 32.1. The smallest absolute Gasteiger partial charge is 0.271 e. The van der Waals surface area contributed by atoms with Crippen LogP contribution >= 0.6 is 11.3 Å². The molecule has 96 valence electrons. The average molecular weight is 265 g/mol. The number of aryl methyl sites for hydroxylation is 2. The van der Waals surface area contributed by atoms with Crippen LogP contribution in [-0.4, -0.2) is 20.7 Å². The largest absolute Gasteiger partial charge is 0.396 e. The number of hydrogen-bond donors (Lipinski definition) is 2. The topological polar surface area (TPSA) is 85.8 Å². The van der Waals surface area contributed by atoms with Gasteiger partial charge in [0, 0.05) is 11.4 Å². The summed E-state index contributed by atoms with van der Waals surface area (Å²) in [6.45, 7) is 4.91. The van der Waals surface area contributed by atoms with Crippen LogP contribution in [0.15, 0.2) is 11.7 Å². The fraction of sp³-hybridized carbons (Fsp3) is 0.364. The number of aromatic nitrogens is 3. The fourth-order valence-corrected chi connectivity index (χ4v) is 2.34. The molecule has 0 aliphatic carbocycles. The van der Waals surface area contributed by atoms with Crippen LogP contribution in [0.25, 0.3) is 0 Å². The number of thiazole rings is 1. The minimum atomic E-state index is -0.209. The molecule has 2 aromatic rings. The molecule has 0 unspecified atom stereocenters. The summed E-state index contributed by atoms with van der Waals surface area (Å²) < 4.78 is 1.59. The second-order valence-corrected chi connectivity index (χ2v) is 4.75. The van der Waals surface area contributed by atoms with Crippen molar-refractivity contribution in [2.24, 2.45) is 0 Å². The monoisotopic (exact) mass is 265 g/mol. The normalized spacial score (nSPS) is 10.6. The third-order valence-corrected chi connectivity index (χ3v) is 3.57. The number of hydrogen-bond acceptors (Lipinski definition) is 5. The Kier molecular flexibility index (Phi) is 3.61. The van der Waals surface area contributed by atoms with Crippen molar-refractivity contribution in [2.45, 2.75) is 26.9 Å². The zero-order valence-corrected chi connectivity index (χ0v) is 11.1. The molecule has 2 aromatic heterocycles. The van der Waals surface area contributed by atoms with Gasteiger partial charge in [0.05, 0.1) is 29.6 Å². The zero-order chi connectivity index (χ0) is 13.1. The number of carbonyl (C=O) groups excluding carboxylic acids is 1. The molecule has 3 N–H and O–H groups in total. The predicted octanol–water partition coefficient (Wildman–Crippen LogP) is 1.18. The number of nitrogen functional groups attached to an aromatic ring is 1. The lowest BCUT2D eigenvalue weighted by atomic mass is 10.3. The Morgan fingerprint density at radius 2 is 2.39 bits per heavy atom. The van der Waals surface area contributed by atoms with Gasteiger partial charge in [0.2, 0.25) is 0 Å². The van der Waals surface area contributed by atoms with E-state index in [4.69, 9.17) is 5.73 Å². The summed E-state index contributed by atoms with van der Waals surface area (Å²) >= 11 is 1.52. The molecular formula is C11H15N5OS. The van der Waals surface area contributed by atoms with Crippen LogP contribution in [0.4, 0.5) is 5.69 Å². The van der Waals surface area contributed by atoms with E-state index < -0.39 is 0 Å². The first-order chi connectivity index (χ1) is 8.63. The summed E-state index contributed by atoms with van der Waals surface area (Å²) in [5, 5.41) is 6.87. The molecule has 2 rings (SSSR count). The number of anilines is 1. The van der Waals surface area contributed by atoms with Gasteiger partial charge >= 0.3 is 0 Å². The third kappa shape index (κ3) is 2.35. The summed E-state index contributed by atoms with van der Waals surface area (Å²) in [5.41, 5.74) is 9.26. The third-order valence-electron chi connectivity index (χ3n) is 2.64. The Bertz CT molecular complexity index is 560. The Labute approximate surface area is 109 Å². The molecule has 0 atom stereocenters. The van der Waals surface area contributed by atoms with E-state index in [1.54, 1.807) is 10.2 Å². The van der Waals surface area contributed by atoms with Gasteiger partial charge in [-0.15, -0.1) is 11.3 Å². The first kappa shape index (κ1) is 12.6. The van der Waals surface area contributed by atoms with E-state index in [2.05, 4.69) is 15.4 Å². The maximum absolute atomic E-state index is 12.0. The summed E-state index contributed by atoms with van der Waals surface area (Å²) in [6.07, 6.45) is 1.50. The predicted molar refractivity (Wildman–Crippen MR) is 70.3 cm³/mol. The van der Waals surface area contributed by atoms with Crippen LogP contribution in [0.5, 0.6) is 0 Å². The van der Waals surface area contributed by atoms with Crippen LogP contribution in [0.2, 0.25) is 0 Å². The van der Waals surface area contributed by atoms with Crippen LogP contribution in [-0.2, 0) is 13.1 Å². The molecule has 1 amide bonds. The maximum Gasteiger partial charge on any atom is 0.271 e. The lowest BCUT2D eigenvalue weighted by molar-refractivity contribution is 0.0941. The molecule has 0 spiro atoms. The summed E-state index contributed by atoms with van der Waals surface area (Å²) in [7, 11) is 0. The molecule has 18 heavy (non-hydrogen) atoms. The van der Waals surface area contributed by atoms with Crippen molar-refractivity contribution in [1.29, 1.82) is 0 Å². The molecular weight excluding hydrogens is 250 g/mol. The second-order valence-electron chi connectivity index (χ2n) is 3.81. The van der Waals surface area contributed by atoms with Gasteiger partial charge in [-0.3, -0.25) is 9.48 Å². The number of nitrogens with two attached hydrogens (primary N) is 1. The highest BCUT2D eigenvalue weighted by molar-refractivity contribution is 7.09. The number of nitrogens with zero attached hydrogens (tertiary/aromatic N) is 3. The highest BCUT2D eigenvalue weighted by Gasteiger charge is 2.16. The summed E-state index contributed by atoms with van der Waals surface area (Å²) in [5.74, 6) is -0.209. The lowest BCUT2D eigenvalue weighted by Crippen LogP contribution is -2.26. The van der Waals surface area contributed by atoms with E-state index >= 15 is 0 Å². The summed E-state index contributed by atoms with van der Waals surface area (Å²) in [4.78, 5) is 17.2. The molecule has 6 nitrogen and oxygen atoms in total. The van der Waals surface area contributed by atoms with Crippen molar-refractivity contribution in [2.75, 3.05) is 5.73 Å². The van der Waals surface area contributed by atoms with E-state index in [0.29, 0.717) is 24.5 Å². The Balaban J connectivity index is 2.08. The molecule has 0 bridgehead atoms. The van der Waals surface area contributed by atoms with Gasteiger partial charge in [-0.05, 0) is 13.8 Å². The zero-order valence-electron chi connectivity index (χ0n) is 10.3. The summed E-state index contributed by atoms with van der Waals surface area (Å²) in [6, 6.07) is 0. The fourth-order valence-electron chi connectivity index (χ4n) is 1.63. The quantitative estimate of drug-likeness (QED) is 0.869. The Morgan fingerprint density at radius 3 is 3.00 bits per heavy atom. The number of nitrogens with one attached hydrogen (secondary N) is 1. The van der Waals surface area contributed by atoms with E-state index in [1.807, 2.05) is 13.8 Å². The second kappa shape index (κ2) is 5.18. The van der Waals surface area contributed by atoms with Crippen molar-refractivity contribution in [3.05, 3.63) is 28.0 Å². The van der Waals surface area contributed by atoms with Gasteiger partial charge < -0.3 is 11.1 Å². The van der Waals surface area contributed by atoms with Crippen molar-refractivity contribution < 1.29 is 4.79 Å². The molecule has 0 aromatic carbocycles. The average Bonchev–Trinajstić information content (AvgIpc) is 2.92. The van der Waals surface area contributed by atoms with Crippen molar-refractivity contribution in [3.8, 4) is 0 Å². The minimum absolute atomic E-state index is 0.209. The molecule has 7 heteroatoms. The highest BCUT2D eigenvalue weighted by Crippen LogP contribution is 2.13. The first-order valence-corrected chi connectivity index (χ1v) is 6.50. The number of amides is 1. The van der Waals surface area contributed by atoms with Crippen molar-refractivity contribution in [1.82, 2.24) is 20.1 Å². The van der Waals surface area contributed by atoms with E-state index in [-0.39, 0.29) is 5.91 Å². The molecule has 0 aliphatic heterocycles. The number of carbonyl (C=O) groups is 1. The first-order valence-electron chi connectivity index (χ1n) is 5.62. The molecule has 2 heterocycles. The Morgan fingerprint density at radius 1 is 1.61 bits per heavy atom. The molecule has 0 aliphatic rings. The van der Waals surface area contributed by atoms with Gasteiger partial charge in [0.25, 0.3) is 5.91 Å². The van der Waals surface area contributed by atoms with Crippen LogP contribution in [0.3, 0.4) is 0 Å². The Hall–Kier alpha value is -1.89. The lowest BCUT2D eigenvalue weighted by Gasteiger charge is -2.07. The van der Waals surface area contributed by atoms with Gasteiger partial charge in [-0.1, -0.05) is 0 Å². The molecule has 0 radical (unpaired) electrons. The van der Waals surface area contributed by atoms with Crippen LogP contribution < -0.4 is 11.1 Å². The number of rotatable bonds is 4. The minimum Gasteiger partial charge on any atom is -0.396 e. The van der Waals surface area contributed by atoms with Crippen molar-refractivity contribution in [3.63, 3.8) is 0 Å². The standard InChI is InChI=1S/C11H15N5OS/c1-3-16-10(8(12)4-15-16)11(17)13-5-9-7(2)14-6-18-9/h4,6H,3,5,12H2,1-2H3,(H,13,17). The SMILES string of the molecule is CCn1ncc(N)c1C(=O)NCc1scnc1C. The molecule has 0 saturated carbocycles. The molecule has 0 fully saturated rings. The van der Waals surface area contributed by atoms with Crippen LogP contribution in [0.1, 0.15) is 28.0 Å². The van der Waals surface area contributed by atoms with E-state index in [0.717, 1.165) is 10.6 Å². The molecule has 0 saturated heterocycles. The van der Waals surface area contributed by atoms with Gasteiger partial charge in [0.15, 0.2) is 0 Å². The van der Waals surface area contributed by atoms with E-state index in [9.17, 15) is 4.79 Å². The maximum atomic E-state index is 12.0. The van der Waals surface area contributed by atoms with Gasteiger partial charge in [-0.2, -0.15) is 5.10 Å². The van der Waals surface area contributed by atoms with Gasteiger partial charge in [-0.25, -0.2) is 4.98 Å². The van der Waals surface area contributed by atoms with Crippen molar-refractivity contribution >= 4 is 22.9 Å². The van der Waals surface area contributed by atoms with Crippen LogP contribution in [0, 0.1) is 6.92 Å².